The van der Waals surface area contributed by atoms with Gasteiger partial charge in [-0.2, -0.15) is 0 Å². The molecule has 0 aliphatic carbocycles. The van der Waals surface area contributed by atoms with Gasteiger partial charge in [0, 0.05) is 0 Å². The standard InChI is InChI=1S/BrH.ClHO4.Li.Na/c;2-1(3,4)5;;/h1H;(H,2,3,4,5);;/q;;2*+1/p-2. The van der Waals surface area contributed by atoms with E-state index in [4.69, 9.17) is 18.6 Å². The molecule has 0 heterocycles. The van der Waals surface area contributed by atoms with E-state index in [2.05, 4.69) is 0 Å². The zero-order valence-corrected chi connectivity index (χ0v) is 8.73. The minimum atomic E-state index is -4.94. The molecule has 0 amide bonds. The Hall–Kier alpha value is 2.21. The Morgan fingerprint density at radius 3 is 0.875 bits per heavy atom. The second-order valence-electron chi connectivity index (χ2n) is 0.378. The van der Waals surface area contributed by atoms with Gasteiger partial charge in [0.05, 0.1) is 0 Å². The third-order valence-electron chi connectivity index (χ3n) is 0. The van der Waals surface area contributed by atoms with Crippen molar-refractivity contribution in [3.63, 3.8) is 0 Å². The molecule has 0 aromatic carbocycles. The Balaban J connectivity index is -0.0000000267. The molecular weight excluding hydrogens is 209 g/mol. The molecule has 0 aliphatic rings. The van der Waals surface area contributed by atoms with E-state index in [1.807, 2.05) is 0 Å². The van der Waals surface area contributed by atoms with Crippen molar-refractivity contribution < 1.29 is 94.3 Å². The molecule has 0 saturated heterocycles. The topological polar surface area (TPSA) is 92.2 Å². The van der Waals surface area contributed by atoms with Crippen molar-refractivity contribution >= 4 is 0 Å². The predicted octanol–water partition coefficient (Wildman–Crippen LogP) is -13.7. The van der Waals surface area contributed by atoms with Crippen molar-refractivity contribution in [3.05, 3.63) is 0 Å². The van der Waals surface area contributed by atoms with Crippen LogP contribution in [0.5, 0.6) is 0 Å². The molecule has 0 unspecified atom stereocenters. The fourth-order valence-corrected chi connectivity index (χ4v) is 0. The van der Waals surface area contributed by atoms with Gasteiger partial charge in [-0.3, -0.25) is 0 Å². The quantitative estimate of drug-likeness (QED) is 0.370. The van der Waals surface area contributed by atoms with Crippen LogP contribution in [-0.4, -0.2) is 0 Å². The first-order valence-electron chi connectivity index (χ1n) is 0.617. The number of rotatable bonds is 0. The molecule has 4 nitrogen and oxygen atoms in total. The van der Waals surface area contributed by atoms with Gasteiger partial charge in [-0.25, -0.2) is 18.6 Å². The second kappa shape index (κ2) is 9.21. The van der Waals surface area contributed by atoms with E-state index in [9.17, 15) is 0 Å². The Morgan fingerprint density at radius 1 is 0.875 bits per heavy atom. The summed E-state index contributed by atoms with van der Waals surface area (Å²) in [6.07, 6.45) is 0. The maximum atomic E-state index is 8.49. The van der Waals surface area contributed by atoms with Gasteiger partial charge in [-0.1, -0.05) is 0 Å². The molecule has 0 aromatic rings. The molecule has 0 fully saturated rings. The van der Waals surface area contributed by atoms with Gasteiger partial charge < -0.3 is 17.0 Å². The minimum absolute atomic E-state index is 0. The van der Waals surface area contributed by atoms with Crippen LogP contribution < -0.4 is 84.0 Å². The van der Waals surface area contributed by atoms with E-state index in [0.29, 0.717) is 0 Å². The molecule has 0 N–H and O–H groups in total. The smallest absolute Gasteiger partial charge is 1.00 e. The van der Waals surface area contributed by atoms with E-state index >= 15 is 0 Å². The zero-order valence-electron chi connectivity index (χ0n) is 4.39. The molecule has 8 heavy (non-hydrogen) atoms. The summed E-state index contributed by atoms with van der Waals surface area (Å²) in [5, 5.41) is 0. The van der Waals surface area contributed by atoms with Crippen LogP contribution >= 0.6 is 0 Å². The van der Waals surface area contributed by atoms with Gasteiger partial charge in [0.1, 0.15) is 0 Å². The van der Waals surface area contributed by atoms with E-state index < -0.39 is 10.2 Å². The largest absolute Gasteiger partial charge is 1.00 e. The fourth-order valence-electron chi connectivity index (χ4n) is 0. The molecule has 0 rings (SSSR count). The van der Waals surface area contributed by atoms with Crippen LogP contribution in [0, 0.1) is 10.2 Å². The van der Waals surface area contributed by atoms with E-state index in [0.717, 1.165) is 0 Å². The third-order valence-corrected chi connectivity index (χ3v) is 0. The SMILES string of the molecule is [Br-].[Li+].[Na+].[O-][Cl+3]([O-])([O-])[O-]. The molecule has 40 valence electrons. The third kappa shape index (κ3) is 87.5. The van der Waals surface area contributed by atoms with Crippen LogP contribution in [0.1, 0.15) is 0 Å². The Bertz CT molecular complexity index is 31.5. The summed E-state index contributed by atoms with van der Waals surface area (Å²) in [6.45, 7) is 0. The molecule has 0 aliphatic heterocycles. The van der Waals surface area contributed by atoms with Crippen molar-refractivity contribution in [2.24, 2.45) is 0 Å². The van der Waals surface area contributed by atoms with Crippen LogP contribution in [0.3, 0.4) is 0 Å². The normalized spacial score (nSPS) is 7.50. The Morgan fingerprint density at radius 2 is 0.875 bits per heavy atom. The first-order valence-corrected chi connectivity index (χ1v) is 1.85. The van der Waals surface area contributed by atoms with Crippen LogP contribution in [-0.2, 0) is 0 Å². The summed E-state index contributed by atoms with van der Waals surface area (Å²) in [6, 6.07) is 0. The molecular formula is BrClLiNaO4. The summed E-state index contributed by atoms with van der Waals surface area (Å²) in [5.41, 5.74) is 0. The average molecular weight is 209 g/mol. The zero-order chi connectivity index (χ0) is 4.50. The minimum Gasteiger partial charge on any atom is -1.00 e. The maximum Gasteiger partial charge on any atom is 1.00 e. The van der Waals surface area contributed by atoms with Gasteiger partial charge in [-0.15, -0.1) is 10.2 Å². The molecule has 8 heteroatoms. The summed E-state index contributed by atoms with van der Waals surface area (Å²) in [4.78, 5) is 0. The summed E-state index contributed by atoms with van der Waals surface area (Å²) < 4.78 is 34.0. The van der Waals surface area contributed by atoms with E-state index in [1.54, 1.807) is 0 Å². The summed E-state index contributed by atoms with van der Waals surface area (Å²) in [7, 11) is -4.94. The average Bonchev–Trinajstić information content (AvgIpc) is 0.722. The number of halogens is 2. The van der Waals surface area contributed by atoms with Crippen molar-refractivity contribution in [1.82, 2.24) is 0 Å². The van der Waals surface area contributed by atoms with Gasteiger partial charge >= 0.3 is 48.4 Å². The second-order valence-corrected chi connectivity index (χ2v) is 1.13. The summed E-state index contributed by atoms with van der Waals surface area (Å²) >= 11 is 0. The van der Waals surface area contributed by atoms with Gasteiger partial charge in [0.25, 0.3) is 0 Å². The van der Waals surface area contributed by atoms with Gasteiger partial charge in [-0.05, 0) is 0 Å². The van der Waals surface area contributed by atoms with E-state index in [1.165, 1.54) is 0 Å². The Kier molecular flexibility index (Phi) is 25.8. The van der Waals surface area contributed by atoms with Crippen LogP contribution in [0.2, 0.25) is 0 Å². The van der Waals surface area contributed by atoms with Gasteiger partial charge in [0.15, 0.2) is 0 Å². The van der Waals surface area contributed by atoms with Crippen molar-refractivity contribution in [2.45, 2.75) is 0 Å². The van der Waals surface area contributed by atoms with Crippen molar-refractivity contribution in [1.29, 1.82) is 0 Å². The monoisotopic (exact) mass is 208 g/mol. The molecule has 0 bridgehead atoms. The van der Waals surface area contributed by atoms with E-state index in [-0.39, 0.29) is 65.4 Å². The molecule has 0 radical (unpaired) electrons. The number of hydrogen-bond donors (Lipinski definition) is 0. The summed E-state index contributed by atoms with van der Waals surface area (Å²) in [5.74, 6) is 0. The molecule has 0 spiro atoms. The first kappa shape index (κ1) is 22.5. The van der Waals surface area contributed by atoms with Crippen LogP contribution in [0.25, 0.3) is 0 Å². The molecule has 0 aromatic heterocycles. The number of hydrogen-bond acceptors (Lipinski definition) is 4. The fraction of sp³-hybridized carbons (Fsp3) is 0. The van der Waals surface area contributed by atoms with Crippen LogP contribution in [0.15, 0.2) is 0 Å². The maximum absolute atomic E-state index is 8.49. The molecule has 0 saturated carbocycles. The first-order chi connectivity index (χ1) is 2.00. The van der Waals surface area contributed by atoms with Crippen molar-refractivity contribution in [3.8, 4) is 0 Å². The Labute approximate surface area is 93.2 Å². The van der Waals surface area contributed by atoms with Gasteiger partial charge in [0.2, 0.25) is 0 Å². The molecule has 0 atom stereocenters. The predicted molar refractivity (Wildman–Crippen MR) is 0 cm³/mol. The van der Waals surface area contributed by atoms with Crippen molar-refractivity contribution in [2.75, 3.05) is 0 Å². The van der Waals surface area contributed by atoms with Crippen LogP contribution in [0.4, 0.5) is 0 Å².